The number of rotatable bonds is 3. The van der Waals surface area contributed by atoms with Crippen LogP contribution in [0.4, 0.5) is 0 Å². The molecular weight excluding hydrogens is 174 g/mol. The van der Waals surface area contributed by atoms with Crippen LogP contribution >= 0.6 is 12.4 Å². The molecule has 0 aliphatic rings. The third kappa shape index (κ3) is 3.88. The smallest absolute Gasteiger partial charge is 0.0948 e. The van der Waals surface area contributed by atoms with E-state index in [1.54, 1.807) is 0 Å². The van der Waals surface area contributed by atoms with Gasteiger partial charge in [-0.1, -0.05) is 30.3 Å². The van der Waals surface area contributed by atoms with Crippen molar-refractivity contribution in [2.75, 3.05) is 0 Å². The summed E-state index contributed by atoms with van der Waals surface area (Å²) >= 11 is 0. The molecule has 0 saturated heterocycles. The summed E-state index contributed by atoms with van der Waals surface area (Å²) in [4.78, 5) is 0. The van der Waals surface area contributed by atoms with Crippen molar-refractivity contribution in [3.8, 4) is 0 Å². The molecule has 12 heavy (non-hydrogen) atoms. The highest BCUT2D eigenvalue weighted by Gasteiger charge is 1.85. The summed E-state index contributed by atoms with van der Waals surface area (Å²) in [5.41, 5.74) is 1.20. The van der Waals surface area contributed by atoms with Crippen LogP contribution in [-0.2, 0) is 6.54 Å². The lowest BCUT2D eigenvalue weighted by molar-refractivity contribution is 0.468. The van der Waals surface area contributed by atoms with Crippen LogP contribution in [0.15, 0.2) is 42.8 Å². The molecule has 0 spiro atoms. The highest BCUT2D eigenvalue weighted by molar-refractivity contribution is 5.85. The predicted molar refractivity (Wildman–Crippen MR) is 52.3 cm³/mol. The van der Waals surface area contributed by atoms with Crippen LogP contribution in [0.1, 0.15) is 5.56 Å². The third-order valence-corrected chi connectivity index (χ3v) is 1.34. The van der Waals surface area contributed by atoms with Gasteiger partial charge >= 0.3 is 0 Å². The van der Waals surface area contributed by atoms with Gasteiger partial charge in [0.25, 0.3) is 0 Å². The van der Waals surface area contributed by atoms with Gasteiger partial charge in [-0.15, -0.1) is 12.4 Å². The van der Waals surface area contributed by atoms with E-state index in [9.17, 15) is 0 Å². The minimum atomic E-state index is 0. The second-order valence-corrected chi connectivity index (χ2v) is 2.18. The number of hydrogen-bond donors (Lipinski definition) is 2. The van der Waals surface area contributed by atoms with Gasteiger partial charge in [-0.3, -0.25) is 0 Å². The number of aliphatic hydroxyl groups is 1. The van der Waals surface area contributed by atoms with E-state index < -0.39 is 0 Å². The Morgan fingerprint density at radius 1 is 1.25 bits per heavy atom. The second-order valence-electron chi connectivity index (χ2n) is 2.18. The fraction of sp³-hybridized carbons (Fsp3) is 0.111. The summed E-state index contributed by atoms with van der Waals surface area (Å²) in [5, 5.41) is 11.2. The lowest BCUT2D eigenvalue weighted by Crippen LogP contribution is -2.03. The minimum absolute atomic E-state index is 0. The zero-order chi connectivity index (χ0) is 7.94. The van der Waals surface area contributed by atoms with E-state index in [4.69, 9.17) is 5.11 Å². The van der Waals surface area contributed by atoms with E-state index in [1.165, 1.54) is 11.8 Å². The molecule has 3 heteroatoms. The topological polar surface area (TPSA) is 32.3 Å². The van der Waals surface area contributed by atoms with Crippen molar-refractivity contribution in [1.82, 2.24) is 5.32 Å². The van der Waals surface area contributed by atoms with E-state index in [-0.39, 0.29) is 12.4 Å². The van der Waals surface area contributed by atoms with Crippen molar-refractivity contribution < 1.29 is 5.11 Å². The quantitative estimate of drug-likeness (QED) is 0.708. The van der Waals surface area contributed by atoms with Crippen LogP contribution in [0.2, 0.25) is 0 Å². The van der Waals surface area contributed by atoms with Crippen LogP contribution < -0.4 is 5.32 Å². The number of hydrogen-bond acceptors (Lipinski definition) is 2. The van der Waals surface area contributed by atoms with Crippen LogP contribution in [-0.4, -0.2) is 5.11 Å². The van der Waals surface area contributed by atoms with Crippen molar-refractivity contribution in [2.24, 2.45) is 0 Å². The second kappa shape index (κ2) is 6.55. The normalized spacial score (nSPS) is 9.33. The number of halogens is 1. The lowest BCUT2D eigenvalue weighted by Gasteiger charge is -1.98. The summed E-state index contributed by atoms with van der Waals surface area (Å²) in [7, 11) is 0. The van der Waals surface area contributed by atoms with Gasteiger partial charge in [0.1, 0.15) is 0 Å². The lowest BCUT2D eigenvalue weighted by atomic mass is 10.2. The van der Waals surface area contributed by atoms with Gasteiger partial charge in [0.2, 0.25) is 0 Å². The molecule has 2 nitrogen and oxygen atoms in total. The van der Waals surface area contributed by atoms with Gasteiger partial charge in [-0.2, -0.15) is 0 Å². The zero-order valence-electron chi connectivity index (χ0n) is 6.60. The summed E-state index contributed by atoms with van der Waals surface area (Å²) in [6.45, 7) is 0.748. The van der Waals surface area contributed by atoms with Gasteiger partial charge in [0.05, 0.1) is 6.26 Å². The van der Waals surface area contributed by atoms with E-state index in [0.29, 0.717) is 0 Å². The van der Waals surface area contributed by atoms with Crippen molar-refractivity contribution in [1.29, 1.82) is 0 Å². The van der Waals surface area contributed by atoms with Crippen molar-refractivity contribution >= 4 is 12.4 Å². The Hall–Kier alpha value is -1.15. The molecule has 0 bridgehead atoms. The van der Waals surface area contributed by atoms with Crippen molar-refractivity contribution in [3.63, 3.8) is 0 Å². The highest BCUT2D eigenvalue weighted by atomic mass is 35.5. The standard InChI is InChI=1S/C9H11NO.ClH/c11-7-6-10-8-9-4-2-1-3-5-9;/h1-7,10-11H,8H2;1H. The molecule has 0 aliphatic heterocycles. The SMILES string of the molecule is Cl.OC=CNCc1ccccc1. The molecule has 0 aromatic heterocycles. The molecule has 66 valence electrons. The van der Waals surface area contributed by atoms with Crippen LogP contribution in [0, 0.1) is 0 Å². The zero-order valence-corrected chi connectivity index (χ0v) is 7.42. The predicted octanol–water partition coefficient (Wildman–Crippen LogP) is 2.23. The molecule has 0 saturated carbocycles. The van der Waals surface area contributed by atoms with Gasteiger partial charge in [0.15, 0.2) is 0 Å². The Bertz CT molecular complexity index is 223. The molecule has 0 unspecified atom stereocenters. The van der Waals surface area contributed by atoms with Crippen molar-refractivity contribution in [2.45, 2.75) is 6.54 Å². The Kier molecular flexibility index (Phi) is 5.93. The first kappa shape index (κ1) is 10.8. The monoisotopic (exact) mass is 185 g/mol. The molecule has 0 heterocycles. The summed E-state index contributed by atoms with van der Waals surface area (Å²) in [6.07, 6.45) is 2.50. The molecule has 0 radical (unpaired) electrons. The minimum Gasteiger partial charge on any atom is -0.514 e. The molecule has 1 aromatic rings. The average Bonchev–Trinajstić information content (AvgIpc) is 2.07. The first-order valence-corrected chi connectivity index (χ1v) is 3.50. The van der Waals surface area contributed by atoms with E-state index in [2.05, 4.69) is 5.32 Å². The number of aliphatic hydroxyl groups excluding tert-OH is 1. The molecule has 1 aromatic carbocycles. The first-order valence-electron chi connectivity index (χ1n) is 3.50. The van der Waals surface area contributed by atoms with Gasteiger partial charge in [-0.25, -0.2) is 0 Å². The number of benzene rings is 1. The Labute approximate surface area is 78.3 Å². The molecule has 0 atom stereocenters. The molecule has 2 N–H and O–H groups in total. The summed E-state index contributed by atoms with van der Waals surface area (Å²) < 4.78 is 0. The maximum Gasteiger partial charge on any atom is 0.0948 e. The van der Waals surface area contributed by atoms with Crippen LogP contribution in [0.3, 0.4) is 0 Å². The average molecular weight is 186 g/mol. The summed E-state index contributed by atoms with van der Waals surface area (Å²) in [6, 6.07) is 10.0. The van der Waals surface area contributed by atoms with Gasteiger partial charge in [0, 0.05) is 12.7 Å². The van der Waals surface area contributed by atoms with E-state index in [0.717, 1.165) is 12.8 Å². The fourth-order valence-electron chi connectivity index (χ4n) is 0.825. The maximum atomic E-state index is 8.30. The Morgan fingerprint density at radius 2 is 1.92 bits per heavy atom. The van der Waals surface area contributed by atoms with E-state index >= 15 is 0 Å². The molecule has 0 aliphatic carbocycles. The van der Waals surface area contributed by atoms with Crippen LogP contribution in [0.5, 0.6) is 0 Å². The Morgan fingerprint density at radius 3 is 2.50 bits per heavy atom. The van der Waals surface area contributed by atoms with Gasteiger partial charge < -0.3 is 10.4 Å². The third-order valence-electron chi connectivity index (χ3n) is 1.34. The first-order chi connectivity index (χ1) is 5.43. The van der Waals surface area contributed by atoms with Gasteiger partial charge in [-0.05, 0) is 5.56 Å². The molecular formula is C9H12ClNO. The van der Waals surface area contributed by atoms with Crippen molar-refractivity contribution in [3.05, 3.63) is 48.4 Å². The molecule has 0 amide bonds. The highest BCUT2D eigenvalue weighted by Crippen LogP contribution is 1.96. The largest absolute Gasteiger partial charge is 0.514 e. The molecule has 1 rings (SSSR count). The molecule has 0 fully saturated rings. The fourth-order valence-corrected chi connectivity index (χ4v) is 0.825. The van der Waals surface area contributed by atoms with Crippen LogP contribution in [0.25, 0.3) is 0 Å². The number of nitrogens with one attached hydrogen (secondary N) is 1. The maximum absolute atomic E-state index is 8.30. The Balaban J connectivity index is 0.00000121. The summed E-state index contributed by atoms with van der Waals surface area (Å²) in [5.74, 6) is 0. The van der Waals surface area contributed by atoms with E-state index in [1.807, 2.05) is 30.3 Å².